The molecule has 1 aliphatic carbocycles. The zero-order chi connectivity index (χ0) is 18.0. The largest absolute Gasteiger partial charge is 0.444 e. The third kappa shape index (κ3) is 4.73. The summed E-state index contributed by atoms with van der Waals surface area (Å²) in [6.45, 7) is 9.51. The van der Waals surface area contributed by atoms with Crippen molar-refractivity contribution in [2.24, 2.45) is 5.92 Å². The van der Waals surface area contributed by atoms with Gasteiger partial charge in [0.2, 0.25) is 0 Å². The van der Waals surface area contributed by atoms with Gasteiger partial charge in [-0.15, -0.1) is 11.3 Å². The molecular formula is C19H31N3O2S. The molecule has 3 rings (SSSR count). The van der Waals surface area contributed by atoms with E-state index in [0.717, 1.165) is 36.6 Å². The molecule has 2 heterocycles. The minimum atomic E-state index is -0.430. The number of nitrogens with one attached hydrogen (secondary N) is 1. The second-order valence-corrected chi connectivity index (χ2v) is 9.29. The maximum absolute atomic E-state index is 12.6. The molecule has 0 aromatic carbocycles. The van der Waals surface area contributed by atoms with E-state index in [1.807, 2.05) is 32.6 Å². The fourth-order valence-electron chi connectivity index (χ4n) is 4.19. The fourth-order valence-corrected chi connectivity index (χ4v) is 4.91. The van der Waals surface area contributed by atoms with Gasteiger partial charge in [0.15, 0.2) is 0 Å². The van der Waals surface area contributed by atoms with Gasteiger partial charge in [0.25, 0.3) is 0 Å². The zero-order valence-corrected chi connectivity index (χ0v) is 16.7. The molecule has 6 heteroatoms. The predicted molar refractivity (Wildman–Crippen MR) is 101 cm³/mol. The summed E-state index contributed by atoms with van der Waals surface area (Å²) in [6, 6.07) is 0.783. The number of ether oxygens (including phenoxy) is 1. The Morgan fingerprint density at radius 3 is 2.84 bits per heavy atom. The normalized spacial score (nSPS) is 27.0. The Kier molecular flexibility index (Phi) is 5.68. The van der Waals surface area contributed by atoms with Crippen molar-refractivity contribution in [1.29, 1.82) is 0 Å². The first-order valence-electron chi connectivity index (χ1n) is 9.47. The van der Waals surface area contributed by atoms with Crippen molar-refractivity contribution in [1.82, 2.24) is 15.2 Å². The van der Waals surface area contributed by atoms with Crippen LogP contribution < -0.4 is 5.32 Å². The van der Waals surface area contributed by atoms with Crippen LogP contribution >= 0.6 is 11.3 Å². The molecule has 0 radical (unpaired) electrons. The van der Waals surface area contributed by atoms with E-state index < -0.39 is 5.60 Å². The molecule has 1 aliphatic heterocycles. The monoisotopic (exact) mass is 365 g/mol. The van der Waals surface area contributed by atoms with E-state index >= 15 is 0 Å². The van der Waals surface area contributed by atoms with Crippen molar-refractivity contribution in [3.05, 3.63) is 16.1 Å². The van der Waals surface area contributed by atoms with E-state index in [4.69, 9.17) is 4.74 Å². The van der Waals surface area contributed by atoms with Crippen LogP contribution in [0, 0.1) is 12.8 Å². The topological polar surface area (TPSA) is 54.5 Å². The number of aryl methyl sites for hydroxylation is 1. The molecule has 5 nitrogen and oxygen atoms in total. The van der Waals surface area contributed by atoms with Crippen molar-refractivity contribution in [2.75, 3.05) is 6.54 Å². The van der Waals surface area contributed by atoms with Gasteiger partial charge in [-0.1, -0.05) is 6.42 Å². The lowest BCUT2D eigenvalue weighted by molar-refractivity contribution is 0.0166. The summed E-state index contributed by atoms with van der Waals surface area (Å²) in [7, 11) is 0. The molecule has 1 aromatic rings. The van der Waals surface area contributed by atoms with E-state index in [2.05, 4.69) is 15.7 Å². The summed E-state index contributed by atoms with van der Waals surface area (Å²) >= 11 is 1.72. The highest BCUT2D eigenvalue weighted by Crippen LogP contribution is 2.36. The molecule has 1 aromatic heterocycles. The number of thiazole rings is 1. The molecule has 3 atom stereocenters. The maximum Gasteiger partial charge on any atom is 0.410 e. The van der Waals surface area contributed by atoms with Gasteiger partial charge in [0.05, 0.1) is 0 Å². The van der Waals surface area contributed by atoms with Gasteiger partial charge < -0.3 is 15.0 Å². The molecule has 1 saturated carbocycles. The summed E-state index contributed by atoms with van der Waals surface area (Å²) in [5.74, 6) is 0.524. The number of carbonyl (C=O) groups is 1. The van der Waals surface area contributed by atoms with E-state index in [-0.39, 0.29) is 6.09 Å². The van der Waals surface area contributed by atoms with Crippen molar-refractivity contribution >= 4 is 17.4 Å². The first-order valence-corrected chi connectivity index (χ1v) is 10.4. The Bertz CT molecular complexity index is 596. The maximum atomic E-state index is 12.6. The van der Waals surface area contributed by atoms with Gasteiger partial charge in [-0.3, -0.25) is 0 Å². The van der Waals surface area contributed by atoms with Crippen LogP contribution in [-0.4, -0.2) is 40.2 Å². The molecule has 0 bridgehead atoms. The number of hydrogen-bond acceptors (Lipinski definition) is 5. The highest BCUT2D eigenvalue weighted by Gasteiger charge is 2.41. The second kappa shape index (κ2) is 7.62. The van der Waals surface area contributed by atoms with E-state index in [9.17, 15) is 4.79 Å². The van der Waals surface area contributed by atoms with Crippen molar-refractivity contribution in [3.8, 4) is 0 Å². The number of rotatable bonds is 4. The number of likely N-dealkylation sites (tertiary alicyclic amines) is 1. The van der Waals surface area contributed by atoms with Crippen LogP contribution in [0.1, 0.15) is 63.6 Å². The van der Waals surface area contributed by atoms with E-state index in [1.165, 1.54) is 19.3 Å². The molecule has 2 fully saturated rings. The van der Waals surface area contributed by atoms with Crippen molar-refractivity contribution in [2.45, 2.75) is 84.0 Å². The van der Waals surface area contributed by atoms with Crippen LogP contribution in [0.3, 0.4) is 0 Å². The molecule has 1 saturated heterocycles. The quantitative estimate of drug-likeness (QED) is 0.872. The standard InChI is InChI=1S/C19H31N3O2S/c1-13-12-25-17(21-13)11-20-15-8-5-7-14(15)16-9-6-10-22(16)18(23)24-19(2,3)4/h12,14-16,20H,5-11H2,1-4H3. The smallest absolute Gasteiger partial charge is 0.410 e. The van der Waals surface area contributed by atoms with Crippen molar-refractivity contribution in [3.63, 3.8) is 0 Å². The minimum absolute atomic E-state index is 0.142. The van der Waals surface area contributed by atoms with Gasteiger partial charge in [-0.2, -0.15) is 0 Å². The zero-order valence-electron chi connectivity index (χ0n) is 15.9. The minimum Gasteiger partial charge on any atom is -0.444 e. The van der Waals surface area contributed by atoms with Crippen LogP contribution in [0.2, 0.25) is 0 Å². The summed E-state index contributed by atoms with van der Waals surface area (Å²) in [6.07, 6.45) is 5.65. The summed E-state index contributed by atoms with van der Waals surface area (Å²) in [4.78, 5) is 19.1. The molecule has 0 spiro atoms. The molecule has 3 unspecified atom stereocenters. The van der Waals surface area contributed by atoms with Gasteiger partial charge in [-0.25, -0.2) is 9.78 Å². The average molecular weight is 366 g/mol. The van der Waals surface area contributed by atoms with E-state index in [0.29, 0.717) is 18.0 Å². The van der Waals surface area contributed by atoms with Crippen LogP contribution in [0.4, 0.5) is 4.79 Å². The molecule has 2 aliphatic rings. The average Bonchev–Trinajstić information content (AvgIpc) is 3.23. The summed E-state index contributed by atoms with van der Waals surface area (Å²) in [5.41, 5.74) is 0.664. The molecule has 1 amide bonds. The lowest BCUT2D eigenvalue weighted by Crippen LogP contribution is -2.47. The Morgan fingerprint density at radius 1 is 1.36 bits per heavy atom. The number of nitrogens with zero attached hydrogens (tertiary/aromatic N) is 2. The molecule has 140 valence electrons. The third-order valence-electron chi connectivity index (χ3n) is 5.17. The lowest BCUT2D eigenvalue weighted by atomic mass is 9.92. The predicted octanol–water partition coefficient (Wildman–Crippen LogP) is 4.11. The Balaban J connectivity index is 1.61. The van der Waals surface area contributed by atoms with E-state index in [1.54, 1.807) is 11.3 Å². The number of aromatic nitrogens is 1. The van der Waals surface area contributed by atoms with Crippen LogP contribution in [0.15, 0.2) is 5.38 Å². The second-order valence-electron chi connectivity index (χ2n) is 8.35. The van der Waals surface area contributed by atoms with Crippen LogP contribution in [0.5, 0.6) is 0 Å². The Morgan fingerprint density at radius 2 is 2.16 bits per heavy atom. The Labute approximate surface area is 155 Å². The first kappa shape index (κ1) is 18.6. The Hall–Kier alpha value is -1.14. The fraction of sp³-hybridized carbons (Fsp3) is 0.789. The first-order chi connectivity index (χ1) is 11.8. The third-order valence-corrected chi connectivity index (χ3v) is 6.14. The summed E-state index contributed by atoms with van der Waals surface area (Å²) < 4.78 is 5.64. The van der Waals surface area contributed by atoms with Crippen LogP contribution in [0.25, 0.3) is 0 Å². The number of amides is 1. The number of carbonyl (C=O) groups excluding carboxylic acids is 1. The molecule has 1 N–H and O–H groups in total. The van der Waals surface area contributed by atoms with Gasteiger partial charge in [0.1, 0.15) is 10.6 Å². The molecule has 25 heavy (non-hydrogen) atoms. The molecular weight excluding hydrogens is 334 g/mol. The van der Waals surface area contributed by atoms with Gasteiger partial charge >= 0.3 is 6.09 Å². The van der Waals surface area contributed by atoms with Crippen LogP contribution in [-0.2, 0) is 11.3 Å². The lowest BCUT2D eigenvalue weighted by Gasteiger charge is -2.34. The highest BCUT2D eigenvalue weighted by molar-refractivity contribution is 7.09. The highest BCUT2D eigenvalue weighted by atomic mass is 32.1. The van der Waals surface area contributed by atoms with Crippen molar-refractivity contribution < 1.29 is 9.53 Å². The number of hydrogen-bond donors (Lipinski definition) is 1. The van der Waals surface area contributed by atoms with Gasteiger partial charge in [-0.05, 0) is 59.3 Å². The van der Waals surface area contributed by atoms with Gasteiger partial charge in [0, 0.05) is 36.2 Å². The summed E-state index contributed by atoms with van der Waals surface area (Å²) in [5, 5.41) is 6.97. The SMILES string of the molecule is Cc1csc(CNC2CCCC2C2CCCN2C(=O)OC(C)(C)C)n1.